The number of rotatable bonds is 7. The van der Waals surface area contributed by atoms with Crippen LogP contribution in [-0.2, 0) is 16.4 Å². The summed E-state index contributed by atoms with van der Waals surface area (Å²) >= 11 is 0. The van der Waals surface area contributed by atoms with E-state index in [4.69, 9.17) is 4.52 Å². The van der Waals surface area contributed by atoms with Gasteiger partial charge in [0.1, 0.15) is 0 Å². The summed E-state index contributed by atoms with van der Waals surface area (Å²) in [6.07, 6.45) is 4.94. The van der Waals surface area contributed by atoms with Gasteiger partial charge < -0.3 is 14.7 Å². The van der Waals surface area contributed by atoms with Gasteiger partial charge >= 0.3 is 6.03 Å². The molecule has 10 heteroatoms. The molecule has 0 aromatic carbocycles. The Bertz CT molecular complexity index is 709. The first-order chi connectivity index (χ1) is 11.9. The van der Waals surface area contributed by atoms with E-state index in [1.807, 2.05) is 6.92 Å². The number of sulfonamides is 1. The van der Waals surface area contributed by atoms with Gasteiger partial charge in [-0.15, -0.1) is 0 Å². The quantitative estimate of drug-likeness (QED) is 0.750. The van der Waals surface area contributed by atoms with Gasteiger partial charge in [0.2, 0.25) is 15.9 Å². The minimum atomic E-state index is -3.37. The van der Waals surface area contributed by atoms with Crippen LogP contribution in [0.4, 0.5) is 4.79 Å². The standard InChI is InChI=1S/C15H25N5O4S/c1-3-16-15(21)19-9-12(10-19)20(25(2,22)23)8-7-13-17-14(24-18-13)11-5-4-6-11/h11-12H,3-10H2,1-2H3,(H,16,21). The predicted octanol–water partition coefficient (Wildman–Crippen LogP) is 0.555. The van der Waals surface area contributed by atoms with Crippen molar-refractivity contribution in [1.29, 1.82) is 0 Å². The van der Waals surface area contributed by atoms with Crippen molar-refractivity contribution in [2.75, 3.05) is 32.4 Å². The molecular formula is C15H25N5O4S. The number of urea groups is 1. The highest BCUT2D eigenvalue weighted by molar-refractivity contribution is 7.88. The van der Waals surface area contributed by atoms with Gasteiger partial charge in [0.25, 0.3) is 0 Å². The third-order valence-corrected chi connectivity index (χ3v) is 6.14. The summed E-state index contributed by atoms with van der Waals surface area (Å²) < 4.78 is 30.9. The van der Waals surface area contributed by atoms with Crippen LogP contribution < -0.4 is 5.32 Å². The molecule has 1 saturated heterocycles. The van der Waals surface area contributed by atoms with Crippen molar-refractivity contribution in [2.45, 2.75) is 44.6 Å². The van der Waals surface area contributed by atoms with Crippen LogP contribution in [0.3, 0.4) is 0 Å². The second kappa shape index (κ2) is 7.28. The van der Waals surface area contributed by atoms with Gasteiger partial charge in [0.15, 0.2) is 5.82 Å². The number of carbonyl (C=O) groups is 1. The van der Waals surface area contributed by atoms with E-state index in [1.165, 1.54) is 17.0 Å². The second-order valence-corrected chi connectivity index (χ2v) is 8.63. The number of nitrogens with one attached hydrogen (secondary N) is 1. The molecule has 0 unspecified atom stereocenters. The first-order valence-electron chi connectivity index (χ1n) is 8.70. The molecule has 1 aliphatic carbocycles. The number of amides is 2. The summed E-state index contributed by atoms with van der Waals surface area (Å²) in [5, 5.41) is 6.68. The average Bonchev–Trinajstić information content (AvgIpc) is 2.86. The van der Waals surface area contributed by atoms with Crippen LogP contribution in [0.5, 0.6) is 0 Å². The second-order valence-electron chi connectivity index (χ2n) is 6.69. The SMILES string of the molecule is CCNC(=O)N1CC(N(CCc2noc(C3CCC3)n2)S(C)(=O)=O)C1. The Balaban J connectivity index is 1.55. The van der Waals surface area contributed by atoms with Crippen LogP contribution in [0.25, 0.3) is 0 Å². The van der Waals surface area contributed by atoms with E-state index < -0.39 is 10.0 Å². The summed E-state index contributed by atoms with van der Waals surface area (Å²) in [6, 6.07) is -0.355. The predicted molar refractivity (Wildman–Crippen MR) is 90.6 cm³/mol. The van der Waals surface area contributed by atoms with Gasteiger partial charge in [-0.05, 0) is 19.8 Å². The van der Waals surface area contributed by atoms with E-state index in [1.54, 1.807) is 4.90 Å². The van der Waals surface area contributed by atoms with Crippen LogP contribution in [-0.4, -0.2) is 72.3 Å². The highest BCUT2D eigenvalue weighted by atomic mass is 32.2. The smallest absolute Gasteiger partial charge is 0.317 e. The van der Waals surface area contributed by atoms with Crippen LogP contribution in [0.1, 0.15) is 43.8 Å². The molecule has 3 rings (SSSR count). The Labute approximate surface area is 147 Å². The molecule has 0 atom stereocenters. The molecule has 1 saturated carbocycles. The zero-order chi connectivity index (χ0) is 18.0. The maximum Gasteiger partial charge on any atom is 0.317 e. The number of hydrogen-bond donors (Lipinski definition) is 1. The molecule has 0 bridgehead atoms. The average molecular weight is 371 g/mol. The van der Waals surface area contributed by atoms with E-state index in [-0.39, 0.29) is 18.6 Å². The van der Waals surface area contributed by atoms with Crippen LogP contribution >= 0.6 is 0 Å². The van der Waals surface area contributed by atoms with Gasteiger partial charge in [-0.25, -0.2) is 13.2 Å². The van der Waals surface area contributed by atoms with Crippen LogP contribution in [0.15, 0.2) is 4.52 Å². The molecule has 2 aliphatic rings. The van der Waals surface area contributed by atoms with E-state index in [0.29, 0.717) is 43.7 Å². The lowest BCUT2D eigenvalue weighted by atomic mass is 9.85. The highest BCUT2D eigenvalue weighted by Gasteiger charge is 2.38. The molecule has 0 radical (unpaired) electrons. The van der Waals surface area contributed by atoms with Crippen molar-refractivity contribution in [1.82, 2.24) is 24.7 Å². The van der Waals surface area contributed by atoms with E-state index in [0.717, 1.165) is 12.8 Å². The van der Waals surface area contributed by atoms with E-state index in [2.05, 4.69) is 15.5 Å². The number of hydrogen-bond acceptors (Lipinski definition) is 6. The fourth-order valence-electron chi connectivity index (χ4n) is 3.09. The summed E-state index contributed by atoms with van der Waals surface area (Å²) in [5.74, 6) is 1.57. The van der Waals surface area contributed by atoms with Gasteiger partial charge in [0.05, 0.1) is 12.3 Å². The van der Waals surface area contributed by atoms with Crippen molar-refractivity contribution < 1.29 is 17.7 Å². The lowest BCUT2D eigenvalue weighted by Gasteiger charge is -2.43. The van der Waals surface area contributed by atoms with Crippen molar-refractivity contribution >= 4 is 16.1 Å². The first-order valence-corrected chi connectivity index (χ1v) is 10.6. The molecular weight excluding hydrogens is 346 g/mol. The monoisotopic (exact) mass is 371 g/mol. The van der Waals surface area contributed by atoms with E-state index in [9.17, 15) is 13.2 Å². The van der Waals surface area contributed by atoms with Crippen LogP contribution in [0, 0.1) is 0 Å². The minimum Gasteiger partial charge on any atom is -0.339 e. The molecule has 1 aromatic rings. The number of carbonyl (C=O) groups excluding carboxylic acids is 1. The fraction of sp³-hybridized carbons (Fsp3) is 0.800. The molecule has 0 spiro atoms. The first kappa shape index (κ1) is 18.1. The fourth-order valence-corrected chi connectivity index (χ4v) is 4.18. The number of aromatic nitrogens is 2. The minimum absolute atomic E-state index is 0.157. The Morgan fingerprint density at radius 2 is 2.12 bits per heavy atom. The third-order valence-electron chi connectivity index (χ3n) is 4.80. The summed E-state index contributed by atoms with van der Waals surface area (Å²) in [7, 11) is -3.37. The molecule has 2 heterocycles. The summed E-state index contributed by atoms with van der Waals surface area (Å²) in [6.45, 7) is 3.49. The van der Waals surface area contributed by atoms with Gasteiger partial charge in [0, 0.05) is 38.5 Å². The van der Waals surface area contributed by atoms with Gasteiger partial charge in [-0.2, -0.15) is 9.29 Å². The lowest BCUT2D eigenvalue weighted by Crippen LogP contribution is -2.64. The molecule has 2 amide bonds. The van der Waals surface area contributed by atoms with Crippen LogP contribution in [0.2, 0.25) is 0 Å². The number of likely N-dealkylation sites (tertiary alicyclic amines) is 1. The summed E-state index contributed by atoms with van der Waals surface area (Å²) in [5.41, 5.74) is 0. The molecule has 9 nitrogen and oxygen atoms in total. The topological polar surface area (TPSA) is 109 Å². The van der Waals surface area contributed by atoms with Crippen molar-refractivity contribution in [3.63, 3.8) is 0 Å². The molecule has 1 aliphatic heterocycles. The largest absolute Gasteiger partial charge is 0.339 e. The third kappa shape index (κ3) is 4.12. The summed E-state index contributed by atoms with van der Waals surface area (Å²) in [4.78, 5) is 17.7. The Hall–Kier alpha value is -1.68. The maximum absolute atomic E-state index is 12.1. The molecule has 25 heavy (non-hydrogen) atoms. The van der Waals surface area contributed by atoms with Gasteiger partial charge in [-0.3, -0.25) is 0 Å². The Kier molecular flexibility index (Phi) is 5.28. The molecule has 1 N–H and O–H groups in total. The highest BCUT2D eigenvalue weighted by Crippen LogP contribution is 2.35. The van der Waals surface area contributed by atoms with Gasteiger partial charge in [-0.1, -0.05) is 11.6 Å². The molecule has 140 valence electrons. The zero-order valence-electron chi connectivity index (χ0n) is 14.6. The Morgan fingerprint density at radius 1 is 1.40 bits per heavy atom. The van der Waals surface area contributed by atoms with Crippen molar-refractivity contribution in [2.24, 2.45) is 0 Å². The normalized spacial score (nSPS) is 18.9. The lowest BCUT2D eigenvalue weighted by molar-refractivity contribution is 0.102. The zero-order valence-corrected chi connectivity index (χ0v) is 15.5. The number of nitrogens with zero attached hydrogens (tertiary/aromatic N) is 4. The molecule has 1 aromatic heterocycles. The van der Waals surface area contributed by atoms with E-state index >= 15 is 0 Å². The molecule has 2 fully saturated rings. The van der Waals surface area contributed by atoms with Crippen molar-refractivity contribution in [3.05, 3.63) is 11.7 Å². The Morgan fingerprint density at radius 3 is 2.68 bits per heavy atom. The van der Waals surface area contributed by atoms with Crippen molar-refractivity contribution in [3.8, 4) is 0 Å². The maximum atomic E-state index is 12.1.